The zero-order valence-corrected chi connectivity index (χ0v) is 33.7. The van der Waals surface area contributed by atoms with Crippen LogP contribution < -0.4 is 15.8 Å². The number of nitrogens with one attached hydrogen (secondary N) is 1. The highest BCUT2D eigenvalue weighted by atomic mass is 32.2. The van der Waals surface area contributed by atoms with Gasteiger partial charge in [0, 0.05) is 52.7 Å². The third-order valence-electron chi connectivity index (χ3n) is 11.4. The molecule has 2 atom stereocenters. The number of sulfone groups is 1. The Hall–Kier alpha value is -4.42. The Labute approximate surface area is 329 Å². The van der Waals surface area contributed by atoms with E-state index in [0.717, 1.165) is 54.9 Å². The highest BCUT2D eigenvalue weighted by molar-refractivity contribution is 7.93. The van der Waals surface area contributed by atoms with Gasteiger partial charge in [0.2, 0.25) is 5.88 Å². The molecule has 1 amide bonds. The lowest BCUT2D eigenvalue weighted by atomic mass is 9.88. The minimum atomic E-state index is -3.16. The van der Waals surface area contributed by atoms with Crippen molar-refractivity contribution in [2.45, 2.75) is 84.2 Å². The van der Waals surface area contributed by atoms with Crippen molar-refractivity contribution in [3.05, 3.63) is 88.6 Å². The Morgan fingerprint density at radius 1 is 1.07 bits per heavy atom. The molecule has 2 saturated heterocycles. The van der Waals surface area contributed by atoms with E-state index in [9.17, 15) is 17.6 Å². The fourth-order valence-corrected chi connectivity index (χ4v) is 8.37. The Morgan fingerprint density at radius 2 is 1.86 bits per heavy atom. The molecule has 300 valence electrons. The number of imidazole rings is 1. The van der Waals surface area contributed by atoms with E-state index < -0.39 is 20.9 Å². The number of piperidine rings is 1. The van der Waals surface area contributed by atoms with Gasteiger partial charge in [-0.05, 0) is 81.7 Å². The van der Waals surface area contributed by atoms with Gasteiger partial charge in [0.25, 0.3) is 5.91 Å². The number of likely N-dealkylation sites (tertiary alicyclic amines) is 1. The molecule has 2 aliphatic heterocycles. The largest absolute Gasteiger partial charge is 0.473 e. The molecule has 2 aromatic carbocycles. The number of hydrogen-bond acceptors (Lipinski definition) is 10. The van der Waals surface area contributed by atoms with Crippen LogP contribution in [0.25, 0.3) is 11.0 Å². The number of benzene rings is 2. The summed E-state index contributed by atoms with van der Waals surface area (Å²) < 4.78 is 53.6. The van der Waals surface area contributed by atoms with Crippen molar-refractivity contribution in [1.82, 2.24) is 24.8 Å². The first kappa shape index (κ1) is 41.2. The molecule has 6 rings (SSSR count). The second-order valence-corrected chi connectivity index (χ2v) is 18.9. The predicted octanol–water partition coefficient (Wildman–Crippen LogP) is 5.74. The third kappa shape index (κ3) is 9.92. The monoisotopic (exact) mass is 787 g/mol. The molecular formula is C42H54FN7O5S. The number of amides is 1. The lowest BCUT2D eigenvalue weighted by Crippen LogP contribution is -2.40. The van der Waals surface area contributed by atoms with Crippen LogP contribution in [0.2, 0.25) is 0 Å². The summed E-state index contributed by atoms with van der Waals surface area (Å²) in [6.07, 6.45) is 3.13. The number of carbonyl (C=O) groups is 1. The lowest BCUT2D eigenvalue weighted by molar-refractivity contribution is 0.0104. The summed E-state index contributed by atoms with van der Waals surface area (Å²) >= 11 is 0. The van der Waals surface area contributed by atoms with Crippen molar-refractivity contribution in [1.29, 1.82) is 5.26 Å². The number of carbonyl (C=O) groups excluding carboxylic acids is 1. The summed E-state index contributed by atoms with van der Waals surface area (Å²) in [5.74, 6) is 0.898. The molecule has 2 unspecified atom stereocenters. The van der Waals surface area contributed by atoms with Gasteiger partial charge in [0.05, 0.1) is 53.4 Å². The number of rotatable bonds is 17. The Balaban J connectivity index is 1.11. The summed E-state index contributed by atoms with van der Waals surface area (Å²) in [6, 6.07) is 17.3. The van der Waals surface area contributed by atoms with Crippen LogP contribution in [0.5, 0.6) is 5.88 Å². The fourth-order valence-electron chi connectivity index (χ4n) is 7.04. The minimum Gasteiger partial charge on any atom is -0.473 e. The molecule has 2 aliphatic rings. The average molecular weight is 788 g/mol. The molecule has 4 aromatic rings. The maximum Gasteiger partial charge on any atom is 0.251 e. The van der Waals surface area contributed by atoms with Crippen LogP contribution in [-0.4, -0.2) is 84.2 Å². The first-order valence-electron chi connectivity index (χ1n) is 19.5. The van der Waals surface area contributed by atoms with Crippen molar-refractivity contribution in [3.8, 4) is 11.9 Å². The number of halogens is 1. The summed E-state index contributed by atoms with van der Waals surface area (Å²) in [7, 11) is -3.16. The molecule has 4 heterocycles. The van der Waals surface area contributed by atoms with E-state index in [2.05, 4.69) is 37.9 Å². The molecule has 0 saturated carbocycles. The first-order valence-corrected chi connectivity index (χ1v) is 21.2. The summed E-state index contributed by atoms with van der Waals surface area (Å²) in [4.78, 5) is 25.6. The van der Waals surface area contributed by atoms with Crippen molar-refractivity contribution in [2.75, 3.05) is 45.1 Å². The van der Waals surface area contributed by atoms with Gasteiger partial charge in [0.15, 0.2) is 9.84 Å². The van der Waals surface area contributed by atoms with Gasteiger partial charge in [-0.2, -0.15) is 5.26 Å². The molecule has 0 spiro atoms. The standard InChI is InChI=1S/C42H54FN7O5S/c1-5-42(4,28-54-27-41(2,3)25-45)26-46-40(51)31-11-12-36-37(20-31)50(22-33-15-18-56(33,52)53)38(47-36)23-49-16-13-30(14-17-49)35-7-6-8-39(48-35)55-24-32-10-9-29(21-44)19-34(32)43/h6-12,19-20,30,33H,5,13-18,22-28,45H2,1-4H3,(H,46,51). The number of nitrogens with two attached hydrogens (primary N) is 1. The molecule has 2 fully saturated rings. The average Bonchev–Trinajstić information content (AvgIpc) is 3.53. The lowest BCUT2D eigenvalue weighted by Gasteiger charge is -2.32. The van der Waals surface area contributed by atoms with Gasteiger partial charge in [-0.3, -0.25) is 9.69 Å². The SMILES string of the molecule is CCC(C)(CNC(=O)c1ccc2nc(CN3CCC(c4cccc(OCc5ccc(C#N)cc5F)n4)CC3)n(CC3CCS3(=O)=O)c2c1)COCC(C)(C)CN. The van der Waals surface area contributed by atoms with Gasteiger partial charge in [0.1, 0.15) is 18.2 Å². The van der Waals surface area contributed by atoms with Gasteiger partial charge in [-0.1, -0.05) is 39.8 Å². The van der Waals surface area contributed by atoms with Gasteiger partial charge < -0.3 is 25.1 Å². The zero-order chi connectivity index (χ0) is 40.1. The molecular weight excluding hydrogens is 734 g/mol. The third-order valence-corrected chi connectivity index (χ3v) is 13.6. The Morgan fingerprint density at radius 3 is 2.52 bits per heavy atom. The predicted molar refractivity (Wildman–Crippen MR) is 213 cm³/mol. The molecule has 56 heavy (non-hydrogen) atoms. The molecule has 0 bridgehead atoms. The topological polar surface area (TPSA) is 165 Å². The molecule has 3 N–H and O–H groups in total. The van der Waals surface area contributed by atoms with Crippen LogP contribution in [0.4, 0.5) is 4.39 Å². The molecule has 0 radical (unpaired) electrons. The van der Waals surface area contributed by atoms with E-state index in [-0.39, 0.29) is 40.6 Å². The number of nitriles is 1. The van der Waals surface area contributed by atoms with E-state index in [1.165, 1.54) is 6.07 Å². The molecule has 12 nitrogen and oxygen atoms in total. The van der Waals surface area contributed by atoms with Crippen molar-refractivity contribution in [2.24, 2.45) is 16.6 Å². The summed E-state index contributed by atoms with van der Waals surface area (Å²) in [5.41, 5.74) is 8.97. The smallest absolute Gasteiger partial charge is 0.251 e. The minimum absolute atomic E-state index is 0.00415. The quantitative estimate of drug-likeness (QED) is 0.135. The number of aromatic nitrogens is 3. The number of nitrogens with zero attached hydrogens (tertiary/aromatic N) is 5. The first-order chi connectivity index (χ1) is 26.7. The van der Waals surface area contributed by atoms with Crippen molar-refractivity contribution in [3.63, 3.8) is 0 Å². The normalized spacial score (nSPS) is 18.6. The van der Waals surface area contributed by atoms with Crippen molar-refractivity contribution < 1.29 is 27.1 Å². The van der Waals surface area contributed by atoms with E-state index in [4.69, 9.17) is 30.4 Å². The zero-order valence-electron chi connectivity index (χ0n) is 32.9. The summed E-state index contributed by atoms with van der Waals surface area (Å²) in [5, 5.41) is 11.6. The van der Waals surface area contributed by atoms with Gasteiger partial charge in [-0.15, -0.1) is 0 Å². The van der Waals surface area contributed by atoms with E-state index in [1.54, 1.807) is 24.3 Å². The highest BCUT2D eigenvalue weighted by Crippen LogP contribution is 2.31. The number of fused-ring (bicyclic) bond motifs is 1. The molecule has 2 aromatic heterocycles. The van der Waals surface area contributed by atoms with Crippen LogP contribution in [0.1, 0.15) is 92.3 Å². The van der Waals surface area contributed by atoms with Gasteiger partial charge in [-0.25, -0.2) is 22.8 Å². The molecule has 14 heteroatoms. The Kier molecular flexibility index (Phi) is 12.8. The van der Waals surface area contributed by atoms with Crippen LogP contribution in [-0.2, 0) is 34.3 Å². The van der Waals surface area contributed by atoms with Crippen LogP contribution in [0.3, 0.4) is 0 Å². The second kappa shape index (κ2) is 17.4. The Bertz CT molecular complexity index is 2180. The van der Waals surface area contributed by atoms with Crippen LogP contribution in [0.15, 0.2) is 54.6 Å². The maximum absolute atomic E-state index is 14.4. The van der Waals surface area contributed by atoms with E-state index >= 15 is 0 Å². The highest BCUT2D eigenvalue weighted by Gasteiger charge is 2.37. The number of ether oxygens (including phenoxy) is 2. The second-order valence-electron chi connectivity index (χ2n) is 16.5. The van der Waals surface area contributed by atoms with Crippen LogP contribution >= 0.6 is 0 Å². The van der Waals surface area contributed by atoms with Crippen molar-refractivity contribution >= 4 is 26.8 Å². The van der Waals surface area contributed by atoms with Gasteiger partial charge >= 0.3 is 0 Å². The van der Waals surface area contributed by atoms with Crippen LogP contribution in [0, 0.1) is 28.0 Å². The number of hydrogen-bond donors (Lipinski definition) is 2. The van der Waals surface area contributed by atoms with E-state index in [0.29, 0.717) is 62.8 Å². The van der Waals surface area contributed by atoms with E-state index in [1.807, 2.05) is 34.9 Å². The maximum atomic E-state index is 14.4. The fraction of sp³-hybridized carbons (Fsp3) is 0.524. The molecule has 0 aliphatic carbocycles. The summed E-state index contributed by atoms with van der Waals surface area (Å²) in [6.45, 7) is 12.7. The number of pyridine rings is 1.